The highest BCUT2D eigenvalue weighted by Crippen LogP contribution is 2.50. The molecule has 8 nitrogen and oxygen atoms in total. The summed E-state index contributed by atoms with van der Waals surface area (Å²) in [5, 5.41) is 0. The second-order valence-corrected chi connectivity index (χ2v) is 15.8. The van der Waals surface area contributed by atoms with Crippen LogP contribution in [0.4, 0.5) is 22.0 Å². The van der Waals surface area contributed by atoms with E-state index in [2.05, 4.69) is 16.1 Å². The first-order chi connectivity index (χ1) is 20.9. The van der Waals surface area contributed by atoms with Gasteiger partial charge in [0, 0.05) is 12.3 Å². The molecule has 0 spiro atoms. The Morgan fingerprint density at radius 2 is 1.24 bits per heavy atom. The molecule has 45 heavy (non-hydrogen) atoms. The first kappa shape index (κ1) is 39.2. The molecule has 1 aliphatic carbocycles. The molecule has 1 fully saturated rings. The SMILES string of the molecule is C=CCCOc1ccc(C(=O)OC)cc1OC.COC(=O)c1ccc(OCCC2CC2(F)F)c(OC)c1.C[Si](C)(C)C(F)(F)F. The van der Waals surface area contributed by atoms with Crippen molar-refractivity contribution in [2.75, 3.05) is 41.7 Å². The van der Waals surface area contributed by atoms with Gasteiger partial charge in [0.1, 0.15) is 0 Å². The quantitative estimate of drug-likeness (QED) is 0.0748. The third-order valence-electron chi connectivity index (χ3n) is 6.28. The zero-order chi connectivity index (χ0) is 34.4. The summed E-state index contributed by atoms with van der Waals surface area (Å²) in [7, 11) is 2.73. The normalized spacial score (nSPS) is 14.7. The lowest BCUT2D eigenvalue weighted by Gasteiger charge is -2.19. The fourth-order valence-corrected chi connectivity index (χ4v) is 3.21. The van der Waals surface area contributed by atoms with Gasteiger partial charge in [-0.2, -0.15) is 13.2 Å². The van der Waals surface area contributed by atoms with E-state index >= 15 is 0 Å². The van der Waals surface area contributed by atoms with Crippen LogP contribution in [0.15, 0.2) is 49.1 Å². The molecule has 0 amide bonds. The topological polar surface area (TPSA) is 89.5 Å². The summed E-state index contributed by atoms with van der Waals surface area (Å²) < 4.78 is 90.7. The Kier molecular flexibility index (Phi) is 15.4. The fraction of sp³-hybridized carbons (Fsp3) is 0.484. The number of carbonyl (C=O) groups is 2. The Hall–Kier alpha value is -3.81. The molecule has 14 heteroatoms. The summed E-state index contributed by atoms with van der Waals surface area (Å²) in [6.07, 6.45) is 2.76. The maximum Gasteiger partial charge on any atom is 0.360 e. The molecule has 2 aromatic carbocycles. The Morgan fingerprint density at radius 3 is 1.56 bits per heavy atom. The molecule has 2 aromatic rings. The predicted octanol–water partition coefficient (Wildman–Crippen LogP) is 7.77. The van der Waals surface area contributed by atoms with Gasteiger partial charge in [0.25, 0.3) is 5.92 Å². The standard InChI is InChI=1S/C14H16F2O4.C13H16O4.C4H9F3Si/c1-18-12-7-9(13(17)19-2)3-4-11(12)20-6-5-10-8-14(10,15)16;1-4-5-8-17-11-7-6-10(13(14)16-3)9-12(11)15-2;1-8(2,3)4(5,6)7/h3-4,7,10H,5-6,8H2,1-2H3;4,6-7,9H,1,5,8H2,2-3H3;1-3H3. The number of carbonyl (C=O) groups excluding carboxylic acids is 2. The lowest BCUT2D eigenvalue weighted by atomic mass is 10.2. The van der Waals surface area contributed by atoms with Gasteiger partial charge in [-0.3, -0.25) is 0 Å². The van der Waals surface area contributed by atoms with E-state index in [-0.39, 0.29) is 13.0 Å². The molecule has 0 bridgehead atoms. The first-order valence-electron chi connectivity index (χ1n) is 13.8. The van der Waals surface area contributed by atoms with Crippen molar-refractivity contribution in [1.82, 2.24) is 0 Å². The minimum absolute atomic E-state index is 0.0607. The van der Waals surface area contributed by atoms with Gasteiger partial charge in [-0.25, -0.2) is 18.4 Å². The number of hydrogen-bond acceptors (Lipinski definition) is 8. The number of methoxy groups -OCH3 is 4. The van der Waals surface area contributed by atoms with Gasteiger partial charge in [0.15, 0.2) is 31.1 Å². The molecule has 3 rings (SSSR count). The highest BCUT2D eigenvalue weighted by Gasteiger charge is 2.56. The number of benzene rings is 2. The van der Waals surface area contributed by atoms with Gasteiger partial charge in [-0.05, 0) is 49.2 Å². The number of hydrogen-bond donors (Lipinski definition) is 0. The third-order valence-corrected chi connectivity index (χ3v) is 7.98. The maximum absolute atomic E-state index is 12.7. The zero-order valence-corrected chi connectivity index (χ0v) is 27.5. The predicted molar refractivity (Wildman–Crippen MR) is 162 cm³/mol. The summed E-state index contributed by atoms with van der Waals surface area (Å²) in [5.74, 6) is -6.01. The zero-order valence-electron chi connectivity index (χ0n) is 26.5. The molecule has 1 atom stereocenters. The number of halogens is 5. The van der Waals surface area contributed by atoms with Crippen molar-refractivity contribution in [3.63, 3.8) is 0 Å². The van der Waals surface area contributed by atoms with E-state index in [0.717, 1.165) is 6.42 Å². The number of ether oxygens (including phenoxy) is 6. The summed E-state index contributed by atoms with van der Waals surface area (Å²) in [5.41, 5.74) is 0.769. The van der Waals surface area contributed by atoms with Crippen LogP contribution in [0.2, 0.25) is 19.6 Å². The van der Waals surface area contributed by atoms with E-state index in [0.29, 0.717) is 47.2 Å². The van der Waals surface area contributed by atoms with Gasteiger partial charge < -0.3 is 28.4 Å². The molecule has 0 saturated heterocycles. The molecule has 252 valence electrons. The van der Waals surface area contributed by atoms with Gasteiger partial charge in [0.2, 0.25) is 0 Å². The Balaban J connectivity index is 0.000000368. The smallest absolute Gasteiger partial charge is 0.360 e. The summed E-state index contributed by atoms with van der Waals surface area (Å²) in [6.45, 7) is 8.18. The summed E-state index contributed by atoms with van der Waals surface area (Å²) >= 11 is 0. The van der Waals surface area contributed by atoms with Crippen molar-refractivity contribution in [2.24, 2.45) is 5.92 Å². The molecule has 0 aliphatic heterocycles. The molecule has 1 saturated carbocycles. The van der Waals surface area contributed by atoms with Crippen LogP contribution >= 0.6 is 0 Å². The van der Waals surface area contributed by atoms with Crippen LogP contribution in [0.25, 0.3) is 0 Å². The Bertz CT molecular complexity index is 1250. The van der Waals surface area contributed by atoms with Gasteiger partial charge in [-0.1, -0.05) is 25.7 Å². The van der Waals surface area contributed by atoms with Crippen LogP contribution in [-0.4, -0.2) is 73.4 Å². The number of rotatable bonds is 12. The molecule has 0 aromatic heterocycles. The third kappa shape index (κ3) is 13.0. The van der Waals surface area contributed by atoms with Crippen molar-refractivity contribution in [3.05, 3.63) is 60.2 Å². The fourth-order valence-electron chi connectivity index (χ4n) is 3.21. The maximum atomic E-state index is 12.7. The first-order valence-corrected chi connectivity index (χ1v) is 17.3. The van der Waals surface area contributed by atoms with Crippen LogP contribution in [0.1, 0.15) is 40.0 Å². The van der Waals surface area contributed by atoms with Crippen molar-refractivity contribution >= 4 is 20.0 Å². The largest absolute Gasteiger partial charge is 0.493 e. The molecular weight excluding hydrogens is 623 g/mol. The Morgan fingerprint density at radius 1 is 0.844 bits per heavy atom. The minimum atomic E-state index is -3.92. The average Bonchev–Trinajstić information content (AvgIpc) is 3.61. The van der Waals surface area contributed by atoms with Crippen molar-refractivity contribution in [1.29, 1.82) is 0 Å². The van der Waals surface area contributed by atoms with Crippen LogP contribution in [0.3, 0.4) is 0 Å². The number of esters is 2. The average molecular weight is 665 g/mol. The van der Waals surface area contributed by atoms with E-state index in [9.17, 15) is 31.5 Å². The molecule has 0 radical (unpaired) electrons. The molecule has 0 heterocycles. The van der Waals surface area contributed by atoms with Crippen LogP contribution in [0.5, 0.6) is 23.0 Å². The highest BCUT2D eigenvalue weighted by atomic mass is 28.3. The second-order valence-electron chi connectivity index (χ2n) is 10.7. The molecule has 0 N–H and O–H groups in total. The van der Waals surface area contributed by atoms with E-state index in [1.807, 2.05) is 0 Å². The van der Waals surface area contributed by atoms with E-state index < -0.39 is 37.7 Å². The van der Waals surface area contributed by atoms with E-state index in [1.165, 1.54) is 60.2 Å². The molecular formula is C31H41F5O8Si. The molecule has 1 aliphatic rings. The summed E-state index contributed by atoms with van der Waals surface area (Å²) in [4.78, 5) is 22.7. The van der Waals surface area contributed by atoms with Crippen LogP contribution in [0, 0.1) is 5.92 Å². The minimum Gasteiger partial charge on any atom is -0.493 e. The van der Waals surface area contributed by atoms with Crippen LogP contribution < -0.4 is 18.9 Å². The van der Waals surface area contributed by atoms with Crippen molar-refractivity contribution in [3.8, 4) is 23.0 Å². The van der Waals surface area contributed by atoms with Gasteiger partial charge in [-0.15, -0.1) is 6.58 Å². The highest BCUT2D eigenvalue weighted by molar-refractivity contribution is 6.77. The Labute approximate surface area is 261 Å². The lowest BCUT2D eigenvalue weighted by Crippen LogP contribution is -2.40. The monoisotopic (exact) mass is 664 g/mol. The lowest BCUT2D eigenvalue weighted by molar-refractivity contribution is -0.0552. The van der Waals surface area contributed by atoms with E-state index in [1.54, 1.807) is 30.3 Å². The van der Waals surface area contributed by atoms with Crippen molar-refractivity contribution < 1.29 is 60.0 Å². The van der Waals surface area contributed by atoms with Crippen molar-refractivity contribution in [2.45, 2.75) is 50.6 Å². The van der Waals surface area contributed by atoms with Crippen LogP contribution in [-0.2, 0) is 9.47 Å². The van der Waals surface area contributed by atoms with E-state index in [4.69, 9.17) is 18.9 Å². The van der Waals surface area contributed by atoms with Gasteiger partial charge >= 0.3 is 17.7 Å². The summed E-state index contributed by atoms with van der Waals surface area (Å²) in [6, 6.07) is 9.51. The molecule has 1 unspecified atom stereocenters. The number of alkyl halides is 5. The second kappa shape index (κ2) is 17.6. The van der Waals surface area contributed by atoms with Gasteiger partial charge in [0.05, 0.1) is 52.8 Å².